The maximum atomic E-state index is 13.3. The molecule has 5 rings (SSSR count). The molecule has 0 atom stereocenters. The zero-order valence-corrected chi connectivity index (χ0v) is 21.9. The number of aliphatic hydroxyl groups excluding tert-OH is 1. The molecule has 2 aromatic carbocycles. The largest absolute Gasteiger partial charge is 0.416 e. The number of halogens is 3. The lowest BCUT2D eigenvalue weighted by Crippen LogP contribution is -2.22. The molecular weight excluding hydrogens is 521 g/mol. The lowest BCUT2D eigenvalue weighted by Gasteiger charge is -2.25. The monoisotopic (exact) mass is 548 g/mol. The van der Waals surface area contributed by atoms with Crippen LogP contribution in [-0.2, 0) is 6.18 Å². The number of benzene rings is 2. The molecule has 0 aliphatic heterocycles. The van der Waals surface area contributed by atoms with Crippen LogP contribution < -0.4 is 11.1 Å². The number of nitrogens with zero attached hydrogens (tertiary/aromatic N) is 4. The van der Waals surface area contributed by atoms with Crippen molar-refractivity contribution in [3.05, 3.63) is 76.2 Å². The predicted molar refractivity (Wildman–Crippen MR) is 145 cm³/mol. The lowest BCUT2D eigenvalue weighted by molar-refractivity contribution is -0.138. The van der Waals surface area contributed by atoms with Crippen LogP contribution in [0.5, 0.6) is 0 Å². The number of nitrogen functional groups attached to an aromatic ring is 1. The second-order valence-electron chi connectivity index (χ2n) is 9.97. The molecule has 1 fully saturated rings. The molecule has 40 heavy (non-hydrogen) atoms. The van der Waals surface area contributed by atoms with E-state index in [1.165, 1.54) is 25.4 Å². The molecule has 2 aromatic heterocycles. The highest BCUT2D eigenvalue weighted by atomic mass is 19.4. The third-order valence-corrected chi connectivity index (χ3v) is 7.15. The number of aliphatic hydroxyl groups is 1. The number of fused-ring (bicyclic) bond motifs is 1. The highest BCUT2D eigenvalue weighted by molar-refractivity contribution is 6.04. The van der Waals surface area contributed by atoms with E-state index in [9.17, 15) is 23.1 Å². The summed E-state index contributed by atoms with van der Waals surface area (Å²) in [4.78, 5) is 21.3. The van der Waals surface area contributed by atoms with E-state index in [1.54, 1.807) is 18.2 Å². The summed E-state index contributed by atoms with van der Waals surface area (Å²) >= 11 is 0. The first-order valence-electron chi connectivity index (χ1n) is 12.8. The van der Waals surface area contributed by atoms with Gasteiger partial charge in [-0.2, -0.15) is 18.3 Å². The Hall–Kier alpha value is -4.43. The third kappa shape index (κ3) is 5.49. The molecule has 1 amide bonds. The number of hydrogen-bond donors (Lipinski definition) is 3. The van der Waals surface area contributed by atoms with Gasteiger partial charge in [-0.25, -0.2) is 14.6 Å². The molecule has 1 aliphatic rings. The zero-order chi connectivity index (χ0) is 28.6. The van der Waals surface area contributed by atoms with E-state index in [4.69, 9.17) is 10.8 Å². The van der Waals surface area contributed by atoms with Crippen LogP contribution in [0, 0.1) is 25.7 Å². The molecule has 0 spiro atoms. The van der Waals surface area contributed by atoms with Gasteiger partial charge in [0.1, 0.15) is 17.8 Å². The number of aromatic nitrogens is 4. The molecule has 4 N–H and O–H groups in total. The first kappa shape index (κ1) is 27.1. The summed E-state index contributed by atoms with van der Waals surface area (Å²) in [5.41, 5.74) is 8.05. The van der Waals surface area contributed by atoms with Gasteiger partial charge >= 0.3 is 6.18 Å². The van der Waals surface area contributed by atoms with Gasteiger partial charge in [0.05, 0.1) is 23.1 Å². The maximum Gasteiger partial charge on any atom is 0.416 e. The normalized spacial score (nSPS) is 17.4. The topological polar surface area (TPSA) is 119 Å². The fourth-order valence-electron chi connectivity index (χ4n) is 4.87. The van der Waals surface area contributed by atoms with E-state index in [0.717, 1.165) is 24.5 Å². The van der Waals surface area contributed by atoms with Gasteiger partial charge in [0.2, 0.25) is 0 Å². The summed E-state index contributed by atoms with van der Waals surface area (Å²) in [7, 11) is 0. The van der Waals surface area contributed by atoms with E-state index >= 15 is 0 Å². The molecule has 11 heteroatoms. The van der Waals surface area contributed by atoms with Crippen molar-refractivity contribution in [2.75, 3.05) is 11.1 Å². The number of rotatable bonds is 3. The fraction of sp³-hybridized carbons (Fsp3) is 0.310. The highest BCUT2D eigenvalue weighted by Crippen LogP contribution is 2.33. The Morgan fingerprint density at radius 3 is 2.50 bits per heavy atom. The summed E-state index contributed by atoms with van der Waals surface area (Å²) in [6.45, 7) is 3.20. The van der Waals surface area contributed by atoms with Gasteiger partial charge in [0.25, 0.3) is 5.91 Å². The van der Waals surface area contributed by atoms with Crippen molar-refractivity contribution in [1.29, 1.82) is 0 Å². The van der Waals surface area contributed by atoms with Crippen LogP contribution in [0.4, 0.5) is 24.7 Å². The number of carbonyl (C=O) groups excluding carboxylic acids is 1. The Morgan fingerprint density at radius 1 is 1.05 bits per heavy atom. The number of aryl methyl sites for hydroxylation is 2. The first-order chi connectivity index (χ1) is 19.0. The molecule has 0 saturated heterocycles. The average molecular weight is 549 g/mol. The second kappa shape index (κ2) is 10.6. The standard InChI is InChI=1S/C29H27F3N6O2/c1-16-4-7-20(36-28(40)19-5-3-17(2)23(14-19)29(30,31)32)13-18(16)6-12-24-25-26(33)34-15-35-27(25)38(37-24)21-8-10-22(39)11-9-21/h3-5,7,13-15,21-22,39H,8-11H2,1-2H3,(H,36,40)(H2,33,34,35). The third-order valence-electron chi connectivity index (χ3n) is 7.15. The smallest absolute Gasteiger partial charge is 0.393 e. The Bertz CT molecular complexity index is 1660. The number of nitrogens with one attached hydrogen (secondary N) is 1. The molecule has 0 bridgehead atoms. The van der Waals surface area contributed by atoms with Gasteiger partial charge in [-0.15, -0.1) is 0 Å². The van der Waals surface area contributed by atoms with E-state index < -0.39 is 17.6 Å². The van der Waals surface area contributed by atoms with Crippen molar-refractivity contribution in [1.82, 2.24) is 19.7 Å². The Balaban J connectivity index is 1.44. The number of carbonyl (C=O) groups is 1. The SMILES string of the molecule is Cc1ccc(NC(=O)c2ccc(C)c(C(F)(F)F)c2)cc1C#Cc1nn(C2CCC(O)CC2)c2ncnc(N)c12. The van der Waals surface area contributed by atoms with Crippen molar-refractivity contribution in [2.45, 2.75) is 57.9 Å². The second-order valence-corrected chi connectivity index (χ2v) is 9.97. The number of hydrogen-bond acceptors (Lipinski definition) is 6. The minimum atomic E-state index is -4.56. The summed E-state index contributed by atoms with van der Waals surface area (Å²) < 4.78 is 41.7. The molecule has 206 valence electrons. The van der Waals surface area contributed by atoms with Crippen LogP contribution in [0.15, 0.2) is 42.7 Å². The van der Waals surface area contributed by atoms with Gasteiger partial charge in [-0.05, 0) is 80.8 Å². The summed E-state index contributed by atoms with van der Waals surface area (Å²) in [5, 5.41) is 17.8. The van der Waals surface area contributed by atoms with Crippen LogP contribution >= 0.6 is 0 Å². The quantitative estimate of drug-likeness (QED) is 0.304. The summed E-state index contributed by atoms with van der Waals surface area (Å²) in [5.74, 6) is 5.74. The van der Waals surface area contributed by atoms with E-state index in [0.29, 0.717) is 40.8 Å². The Labute approximate surface area is 228 Å². The highest BCUT2D eigenvalue weighted by Gasteiger charge is 2.33. The molecule has 2 heterocycles. The van der Waals surface area contributed by atoms with Crippen molar-refractivity contribution in [3.63, 3.8) is 0 Å². The number of anilines is 2. The van der Waals surface area contributed by atoms with Gasteiger partial charge in [-0.1, -0.05) is 18.1 Å². The zero-order valence-electron chi connectivity index (χ0n) is 21.9. The minimum absolute atomic E-state index is 0.0408. The van der Waals surface area contributed by atoms with Gasteiger partial charge in [0.15, 0.2) is 5.65 Å². The average Bonchev–Trinajstić information content (AvgIpc) is 3.29. The molecule has 1 saturated carbocycles. The van der Waals surface area contributed by atoms with Gasteiger partial charge in [0, 0.05) is 16.8 Å². The molecule has 0 radical (unpaired) electrons. The van der Waals surface area contributed by atoms with Crippen LogP contribution in [-0.4, -0.2) is 36.9 Å². The van der Waals surface area contributed by atoms with Crippen molar-refractivity contribution in [2.24, 2.45) is 0 Å². The van der Waals surface area contributed by atoms with Gasteiger partial charge < -0.3 is 16.2 Å². The number of amides is 1. The first-order valence-corrected chi connectivity index (χ1v) is 12.8. The Kier molecular flexibility index (Phi) is 7.21. The predicted octanol–water partition coefficient (Wildman–Crippen LogP) is 5.17. The van der Waals surface area contributed by atoms with Crippen LogP contribution in [0.25, 0.3) is 11.0 Å². The van der Waals surface area contributed by atoms with E-state index in [-0.39, 0.29) is 29.1 Å². The van der Waals surface area contributed by atoms with E-state index in [2.05, 4.69) is 27.1 Å². The molecule has 8 nitrogen and oxygen atoms in total. The summed E-state index contributed by atoms with van der Waals surface area (Å²) in [6.07, 6.45) is -0.645. The molecule has 1 aliphatic carbocycles. The van der Waals surface area contributed by atoms with Gasteiger partial charge in [-0.3, -0.25) is 4.79 Å². The van der Waals surface area contributed by atoms with Crippen molar-refractivity contribution < 1.29 is 23.1 Å². The maximum absolute atomic E-state index is 13.3. The van der Waals surface area contributed by atoms with Crippen LogP contribution in [0.3, 0.4) is 0 Å². The van der Waals surface area contributed by atoms with Crippen molar-refractivity contribution >= 4 is 28.4 Å². The van der Waals surface area contributed by atoms with Crippen molar-refractivity contribution in [3.8, 4) is 11.8 Å². The lowest BCUT2D eigenvalue weighted by atomic mass is 9.93. The molecule has 0 unspecified atom stereocenters. The minimum Gasteiger partial charge on any atom is -0.393 e. The van der Waals surface area contributed by atoms with E-state index in [1.807, 2.05) is 11.6 Å². The van der Waals surface area contributed by atoms with Crippen LogP contribution in [0.1, 0.15) is 70.0 Å². The number of nitrogens with two attached hydrogens (primary N) is 1. The number of alkyl halides is 3. The Morgan fingerprint density at radius 2 is 1.77 bits per heavy atom. The molecular formula is C29H27F3N6O2. The summed E-state index contributed by atoms with van der Waals surface area (Å²) in [6, 6.07) is 8.60. The van der Waals surface area contributed by atoms with Crippen LogP contribution in [0.2, 0.25) is 0 Å². The molecule has 4 aromatic rings. The fourth-order valence-corrected chi connectivity index (χ4v) is 4.87.